The van der Waals surface area contributed by atoms with Crippen molar-refractivity contribution in [2.45, 2.75) is 26.3 Å². The van der Waals surface area contributed by atoms with Crippen molar-refractivity contribution in [2.75, 3.05) is 19.0 Å². The van der Waals surface area contributed by atoms with Gasteiger partial charge in [0.2, 0.25) is 0 Å². The maximum atomic E-state index is 11.4. The number of alkyl halides is 1. The van der Waals surface area contributed by atoms with Crippen LogP contribution in [0, 0.1) is 0 Å². The molecular weight excluding hydrogens is 234 g/mol. The molecule has 0 atom stereocenters. The molecule has 0 spiro atoms. The Morgan fingerprint density at radius 2 is 2.24 bits per heavy atom. The van der Waals surface area contributed by atoms with Gasteiger partial charge in [-0.15, -0.1) is 11.6 Å². The third-order valence-electron chi connectivity index (χ3n) is 3.31. The molecule has 2 rings (SSSR count). The fourth-order valence-electron chi connectivity index (χ4n) is 2.31. The number of fused-ring (bicyclic) bond motifs is 1. The highest BCUT2D eigenvalue weighted by Crippen LogP contribution is 2.20. The van der Waals surface area contributed by atoms with Crippen molar-refractivity contribution < 1.29 is 4.79 Å². The molecule has 0 amide bonds. The highest BCUT2D eigenvalue weighted by atomic mass is 35.5. The number of nitrogens with zero attached hydrogens (tertiary/aromatic N) is 1. The maximum absolute atomic E-state index is 11.4. The summed E-state index contributed by atoms with van der Waals surface area (Å²) in [5, 5.41) is 0. The van der Waals surface area contributed by atoms with E-state index in [9.17, 15) is 4.79 Å². The molecule has 1 aromatic carbocycles. The molecule has 2 nitrogen and oxygen atoms in total. The number of hydrogen-bond acceptors (Lipinski definition) is 2. The molecule has 0 unspecified atom stereocenters. The second-order valence-electron chi connectivity index (χ2n) is 4.61. The maximum Gasteiger partial charge on any atom is 0.159 e. The van der Waals surface area contributed by atoms with Crippen LogP contribution in [0.15, 0.2) is 18.2 Å². The Balaban J connectivity index is 2.12. The molecule has 1 heterocycles. The Morgan fingerprint density at radius 1 is 1.41 bits per heavy atom. The lowest BCUT2D eigenvalue weighted by Gasteiger charge is -2.28. The molecule has 0 N–H and O–H groups in total. The van der Waals surface area contributed by atoms with Crippen LogP contribution in [0.2, 0.25) is 0 Å². The standard InChI is InChI=1S/C14H18ClNO/c1-11(17)13-4-3-12-5-8-16(7-2-6-15)10-14(12)9-13/h3-4,9H,2,5-8,10H2,1H3. The summed E-state index contributed by atoms with van der Waals surface area (Å²) in [5.41, 5.74) is 3.51. The van der Waals surface area contributed by atoms with Crippen molar-refractivity contribution in [1.29, 1.82) is 0 Å². The molecule has 0 bridgehead atoms. The number of carbonyl (C=O) groups excluding carboxylic acids is 1. The van der Waals surface area contributed by atoms with E-state index in [0.29, 0.717) is 0 Å². The summed E-state index contributed by atoms with van der Waals surface area (Å²) in [7, 11) is 0. The predicted octanol–water partition coefficient (Wildman–Crippen LogP) is 2.88. The van der Waals surface area contributed by atoms with Crippen LogP contribution in [0.1, 0.15) is 34.8 Å². The van der Waals surface area contributed by atoms with E-state index in [2.05, 4.69) is 11.0 Å². The van der Waals surface area contributed by atoms with Crippen LogP contribution in [0.5, 0.6) is 0 Å². The fourth-order valence-corrected chi connectivity index (χ4v) is 2.43. The van der Waals surface area contributed by atoms with E-state index in [4.69, 9.17) is 11.6 Å². The molecule has 1 aromatic rings. The third kappa shape index (κ3) is 3.08. The van der Waals surface area contributed by atoms with E-state index >= 15 is 0 Å². The van der Waals surface area contributed by atoms with Crippen LogP contribution < -0.4 is 0 Å². The van der Waals surface area contributed by atoms with Crippen LogP contribution in [-0.2, 0) is 13.0 Å². The highest BCUT2D eigenvalue weighted by molar-refractivity contribution is 6.17. The SMILES string of the molecule is CC(=O)c1ccc2c(c1)CN(CCCCl)CC2. The van der Waals surface area contributed by atoms with Gasteiger partial charge in [-0.2, -0.15) is 0 Å². The zero-order valence-corrected chi connectivity index (χ0v) is 11.0. The van der Waals surface area contributed by atoms with Crippen LogP contribution >= 0.6 is 11.6 Å². The van der Waals surface area contributed by atoms with E-state index in [1.165, 1.54) is 11.1 Å². The summed E-state index contributed by atoms with van der Waals surface area (Å²) in [6.45, 7) is 4.72. The molecule has 1 aliphatic rings. The summed E-state index contributed by atoms with van der Waals surface area (Å²) in [4.78, 5) is 13.8. The number of hydrogen-bond donors (Lipinski definition) is 0. The molecule has 0 fully saturated rings. The lowest BCUT2D eigenvalue weighted by atomic mass is 9.96. The summed E-state index contributed by atoms with van der Waals surface area (Å²) in [6, 6.07) is 6.09. The van der Waals surface area contributed by atoms with E-state index in [0.717, 1.165) is 43.9 Å². The van der Waals surface area contributed by atoms with Crippen molar-refractivity contribution in [3.05, 3.63) is 34.9 Å². The first-order valence-electron chi connectivity index (χ1n) is 6.12. The number of carbonyl (C=O) groups is 1. The normalized spacial score (nSPS) is 15.6. The van der Waals surface area contributed by atoms with E-state index in [1.807, 2.05) is 12.1 Å². The molecule has 3 heteroatoms. The molecule has 0 saturated heterocycles. The Bertz CT molecular complexity index is 417. The van der Waals surface area contributed by atoms with Gasteiger partial charge in [0.1, 0.15) is 0 Å². The minimum absolute atomic E-state index is 0.144. The van der Waals surface area contributed by atoms with Gasteiger partial charge in [-0.3, -0.25) is 9.69 Å². The van der Waals surface area contributed by atoms with Gasteiger partial charge in [0.25, 0.3) is 0 Å². The molecule has 17 heavy (non-hydrogen) atoms. The average molecular weight is 252 g/mol. The Labute approximate surface area is 108 Å². The van der Waals surface area contributed by atoms with Gasteiger partial charge in [0.15, 0.2) is 5.78 Å². The second-order valence-corrected chi connectivity index (χ2v) is 4.99. The number of rotatable bonds is 4. The number of benzene rings is 1. The van der Waals surface area contributed by atoms with Crippen molar-refractivity contribution in [3.8, 4) is 0 Å². The minimum Gasteiger partial charge on any atom is -0.299 e. The largest absolute Gasteiger partial charge is 0.299 e. The van der Waals surface area contributed by atoms with Gasteiger partial charge in [0, 0.05) is 24.5 Å². The van der Waals surface area contributed by atoms with Crippen LogP contribution in [0.4, 0.5) is 0 Å². The molecule has 0 aliphatic carbocycles. The quantitative estimate of drug-likeness (QED) is 0.606. The second kappa shape index (κ2) is 5.65. The van der Waals surface area contributed by atoms with Crippen molar-refractivity contribution in [3.63, 3.8) is 0 Å². The van der Waals surface area contributed by atoms with Crippen LogP contribution in [-0.4, -0.2) is 29.7 Å². The number of Topliss-reactive ketones (excluding diaryl/α,β-unsaturated/α-hetero) is 1. The van der Waals surface area contributed by atoms with Crippen LogP contribution in [0.25, 0.3) is 0 Å². The van der Waals surface area contributed by atoms with Gasteiger partial charge in [0.05, 0.1) is 0 Å². The van der Waals surface area contributed by atoms with Gasteiger partial charge < -0.3 is 0 Å². The van der Waals surface area contributed by atoms with E-state index in [1.54, 1.807) is 6.92 Å². The molecule has 0 radical (unpaired) electrons. The molecule has 0 saturated carbocycles. The van der Waals surface area contributed by atoms with Gasteiger partial charge in [-0.1, -0.05) is 12.1 Å². The smallest absolute Gasteiger partial charge is 0.159 e. The summed E-state index contributed by atoms with van der Waals surface area (Å²) < 4.78 is 0. The Morgan fingerprint density at radius 3 is 2.94 bits per heavy atom. The third-order valence-corrected chi connectivity index (χ3v) is 3.58. The zero-order chi connectivity index (χ0) is 12.3. The summed E-state index contributed by atoms with van der Waals surface area (Å²) >= 11 is 5.72. The minimum atomic E-state index is 0.144. The van der Waals surface area contributed by atoms with Gasteiger partial charge in [-0.25, -0.2) is 0 Å². The summed E-state index contributed by atoms with van der Waals surface area (Å²) in [6.07, 6.45) is 2.11. The summed E-state index contributed by atoms with van der Waals surface area (Å²) in [5.74, 6) is 0.863. The lowest BCUT2D eigenvalue weighted by Crippen LogP contribution is -2.31. The number of ketones is 1. The fraction of sp³-hybridized carbons (Fsp3) is 0.500. The number of halogens is 1. The van der Waals surface area contributed by atoms with Crippen molar-refractivity contribution in [2.24, 2.45) is 0 Å². The van der Waals surface area contributed by atoms with E-state index in [-0.39, 0.29) is 5.78 Å². The van der Waals surface area contributed by atoms with Crippen LogP contribution in [0.3, 0.4) is 0 Å². The van der Waals surface area contributed by atoms with Gasteiger partial charge >= 0.3 is 0 Å². The van der Waals surface area contributed by atoms with Gasteiger partial charge in [-0.05, 0) is 43.5 Å². The first-order valence-corrected chi connectivity index (χ1v) is 6.65. The molecule has 0 aromatic heterocycles. The first kappa shape index (κ1) is 12.6. The van der Waals surface area contributed by atoms with E-state index < -0.39 is 0 Å². The monoisotopic (exact) mass is 251 g/mol. The Kier molecular flexibility index (Phi) is 4.19. The first-order chi connectivity index (χ1) is 8.20. The molecular formula is C14H18ClNO. The lowest BCUT2D eigenvalue weighted by molar-refractivity contribution is 0.101. The highest BCUT2D eigenvalue weighted by Gasteiger charge is 2.16. The van der Waals surface area contributed by atoms with Crippen molar-refractivity contribution in [1.82, 2.24) is 4.90 Å². The average Bonchev–Trinajstić information content (AvgIpc) is 2.35. The Hall–Kier alpha value is -0.860. The van der Waals surface area contributed by atoms with Crippen molar-refractivity contribution >= 4 is 17.4 Å². The molecule has 1 aliphatic heterocycles. The molecule has 92 valence electrons. The topological polar surface area (TPSA) is 20.3 Å². The zero-order valence-electron chi connectivity index (χ0n) is 10.2. The predicted molar refractivity (Wildman–Crippen MR) is 70.8 cm³/mol.